The molecule has 2 aromatic carbocycles. The van der Waals surface area contributed by atoms with Gasteiger partial charge in [0, 0.05) is 0 Å². The molecule has 0 aromatic heterocycles. The number of rotatable bonds is 0. The Labute approximate surface area is 128 Å². The quantitative estimate of drug-likeness (QED) is 0.561. The maximum absolute atomic E-state index is 2.55. The number of hydrogen-bond donors (Lipinski definition) is 0. The van der Waals surface area contributed by atoms with Gasteiger partial charge in [-0.2, -0.15) is 0 Å². The fraction of sp³-hybridized carbons (Fsp3) is 0.524. The Kier molecular flexibility index (Phi) is 2.77. The third kappa shape index (κ3) is 1.74. The SMILES string of the molecule is Cc1ccc2c3c(cc(C)c2c1)C1CCC(C)C1(C)CC3. The molecular formula is C21H26. The Hall–Kier alpha value is -1.30. The molecule has 0 saturated heterocycles. The summed E-state index contributed by atoms with van der Waals surface area (Å²) in [4.78, 5) is 0. The molecule has 2 aromatic rings. The van der Waals surface area contributed by atoms with E-state index in [-0.39, 0.29) is 0 Å². The van der Waals surface area contributed by atoms with Crippen LogP contribution in [0.1, 0.15) is 61.3 Å². The van der Waals surface area contributed by atoms with Gasteiger partial charge in [-0.1, -0.05) is 43.7 Å². The van der Waals surface area contributed by atoms with Crippen molar-refractivity contribution in [2.24, 2.45) is 11.3 Å². The van der Waals surface area contributed by atoms with E-state index in [4.69, 9.17) is 0 Å². The summed E-state index contributed by atoms with van der Waals surface area (Å²) in [6.07, 6.45) is 5.44. The van der Waals surface area contributed by atoms with Gasteiger partial charge in [0.2, 0.25) is 0 Å². The highest BCUT2D eigenvalue weighted by molar-refractivity contribution is 5.90. The smallest absolute Gasteiger partial charge is 0.0102 e. The fourth-order valence-electron chi connectivity index (χ4n) is 5.14. The number of benzene rings is 2. The lowest BCUT2D eigenvalue weighted by Gasteiger charge is -2.41. The first-order chi connectivity index (χ1) is 10.0. The van der Waals surface area contributed by atoms with Crippen LogP contribution in [0.25, 0.3) is 10.8 Å². The van der Waals surface area contributed by atoms with Crippen molar-refractivity contribution in [3.8, 4) is 0 Å². The van der Waals surface area contributed by atoms with Gasteiger partial charge >= 0.3 is 0 Å². The summed E-state index contributed by atoms with van der Waals surface area (Å²) in [7, 11) is 0. The molecule has 21 heavy (non-hydrogen) atoms. The molecule has 0 spiro atoms. The van der Waals surface area contributed by atoms with Crippen molar-refractivity contribution in [1.82, 2.24) is 0 Å². The van der Waals surface area contributed by atoms with Crippen molar-refractivity contribution >= 4 is 10.8 Å². The van der Waals surface area contributed by atoms with Gasteiger partial charge in [0.1, 0.15) is 0 Å². The molecule has 4 rings (SSSR count). The highest BCUT2D eigenvalue weighted by Crippen LogP contribution is 2.59. The van der Waals surface area contributed by atoms with Crippen LogP contribution in [0.2, 0.25) is 0 Å². The van der Waals surface area contributed by atoms with Crippen LogP contribution in [-0.4, -0.2) is 0 Å². The molecule has 2 aliphatic carbocycles. The third-order valence-corrected chi connectivity index (χ3v) is 6.74. The summed E-state index contributed by atoms with van der Waals surface area (Å²) in [5, 5.41) is 3.00. The molecule has 0 heteroatoms. The zero-order chi connectivity index (χ0) is 14.8. The van der Waals surface area contributed by atoms with Crippen molar-refractivity contribution < 1.29 is 0 Å². The summed E-state index contributed by atoms with van der Waals surface area (Å²) >= 11 is 0. The lowest BCUT2D eigenvalue weighted by atomic mass is 9.63. The van der Waals surface area contributed by atoms with Gasteiger partial charge in [-0.3, -0.25) is 0 Å². The molecule has 2 aliphatic rings. The summed E-state index contributed by atoms with van der Waals surface area (Å²) in [5.74, 6) is 1.67. The second kappa shape index (κ2) is 4.35. The average molecular weight is 278 g/mol. The van der Waals surface area contributed by atoms with Crippen LogP contribution in [0.4, 0.5) is 0 Å². The first-order valence-electron chi connectivity index (χ1n) is 8.53. The van der Waals surface area contributed by atoms with E-state index in [0.717, 1.165) is 11.8 Å². The van der Waals surface area contributed by atoms with Crippen LogP contribution in [-0.2, 0) is 6.42 Å². The standard InChI is InChI=1S/C21H26/c1-13-5-7-16-17-9-10-21(4)15(3)6-8-20(21)19(17)12-14(2)18(16)11-13/h5,7,11-12,15,20H,6,8-10H2,1-4H3. The molecule has 1 fully saturated rings. The summed E-state index contributed by atoms with van der Waals surface area (Å²) < 4.78 is 0. The van der Waals surface area contributed by atoms with Crippen molar-refractivity contribution in [2.75, 3.05) is 0 Å². The van der Waals surface area contributed by atoms with Crippen LogP contribution >= 0.6 is 0 Å². The van der Waals surface area contributed by atoms with Gasteiger partial charge in [-0.15, -0.1) is 0 Å². The van der Waals surface area contributed by atoms with Gasteiger partial charge in [0.15, 0.2) is 0 Å². The monoisotopic (exact) mass is 278 g/mol. The van der Waals surface area contributed by atoms with Crippen molar-refractivity contribution in [2.45, 2.75) is 59.3 Å². The van der Waals surface area contributed by atoms with E-state index in [1.807, 2.05) is 0 Å². The van der Waals surface area contributed by atoms with E-state index in [9.17, 15) is 0 Å². The number of aryl methyl sites for hydroxylation is 3. The second-order valence-electron chi connectivity index (χ2n) is 7.85. The lowest BCUT2D eigenvalue weighted by molar-refractivity contribution is 0.186. The van der Waals surface area contributed by atoms with Gasteiger partial charge in [0.05, 0.1) is 0 Å². The Morgan fingerprint density at radius 1 is 1.05 bits per heavy atom. The largest absolute Gasteiger partial charge is 0.0620 e. The first-order valence-corrected chi connectivity index (χ1v) is 8.53. The van der Waals surface area contributed by atoms with Gasteiger partial charge in [0.25, 0.3) is 0 Å². The fourth-order valence-corrected chi connectivity index (χ4v) is 5.14. The van der Waals surface area contributed by atoms with E-state index in [0.29, 0.717) is 5.41 Å². The highest BCUT2D eigenvalue weighted by atomic mass is 14.5. The minimum atomic E-state index is 0.539. The summed E-state index contributed by atoms with van der Waals surface area (Å²) in [5.41, 5.74) is 6.73. The van der Waals surface area contributed by atoms with E-state index >= 15 is 0 Å². The molecule has 1 saturated carbocycles. The molecule has 3 atom stereocenters. The van der Waals surface area contributed by atoms with Crippen molar-refractivity contribution in [3.05, 3.63) is 46.5 Å². The zero-order valence-electron chi connectivity index (χ0n) is 13.8. The third-order valence-electron chi connectivity index (χ3n) is 6.74. The molecule has 0 amide bonds. The van der Waals surface area contributed by atoms with E-state index in [1.165, 1.54) is 47.6 Å². The number of hydrogen-bond acceptors (Lipinski definition) is 0. The normalized spacial score (nSPS) is 31.2. The van der Waals surface area contributed by atoms with Crippen LogP contribution in [0.3, 0.4) is 0 Å². The molecule has 0 aliphatic heterocycles. The van der Waals surface area contributed by atoms with Gasteiger partial charge < -0.3 is 0 Å². The molecule has 0 heterocycles. The van der Waals surface area contributed by atoms with Crippen molar-refractivity contribution in [3.63, 3.8) is 0 Å². The average Bonchev–Trinajstić information content (AvgIpc) is 2.76. The minimum absolute atomic E-state index is 0.539. The van der Waals surface area contributed by atoms with Gasteiger partial charge in [-0.25, -0.2) is 0 Å². The Morgan fingerprint density at radius 3 is 2.67 bits per heavy atom. The molecule has 110 valence electrons. The summed E-state index contributed by atoms with van der Waals surface area (Å²) in [6.45, 7) is 9.52. The number of fused-ring (bicyclic) bond motifs is 5. The maximum atomic E-state index is 2.55. The predicted octanol–water partition coefficient (Wildman–Crippen LogP) is 5.92. The Bertz CT molecular complexity index is 724. The summed E-state index contributed by atoms with van der Waals surface area (Å²) in [6, 6.07) is 9.55. The molecule has 0 radical (unpaired) electrons. The molecule has 3 unspecified atom stereocenters. The molecule has 0 bridgehead atoms. The Balaban J connectivity index is 1.98. The van der Waals surface area contributed by atoms with Crippen LogP contribution < -0.4 is 0 Å². The molecule has 0 N–H and O–H groups in total. The van der Waals surface area contributed by atoms with Crippen LogP contribution in [0.5, 0.6) is 0 Å². The minimum Gasteiger partial charge on any atom is -0.0620 e. The Morgan fingerprint density at radius 2 is 1.86 bits per heavy atom. The first kappa shape index (κ1) is 13.4. The van der Waals surface area contributed by atoms with E-state index in [1.54, 1.807) is 11.1 Å². The van der Waals surface area contributed by atoms with E-state index in [2.05, 4.69) is 52.0 Å². The second-order valence-corrected chi connectivity index (χ2v) is 7.85. The topological polar surface area (TPSA) is 0 Å². The zero-order valence-corrected chi connectivity index (χ0v) is 13.8. The predicted molar refractivity (Wildman–Crippen MR) is 91.0 cm³/mol. The highest BCUT2D eigenvalue weighted by Gasteiger charge is 2.47. The van der Waals surface area contributed by atoms with Gasteiger partial charge in [-0.05, 0) is 84.2 Å². The van der Waals surface area contributed by atoms with Crippen LogP contribution in [0.15, 0.2) is 24.3 Å². The maximum Gasteiger partial charge on any atom is -0.0102 e. The molecular weight excluding hydrogens is 252 g/mol. The van der Waals surface area contributed by atoms with Crippen molar-refractivity contribution in [1.29, 1.82) is 0 Å². The lowest BCUT2D eigenvalue weighted by Crippen LogP contribution is -2.31. The van der Waals surface area contributed by atoms with E-state index < -0.39 is 0 Å². The van der Waals surface area contributed by atoms with Crippen LogP contribution in [0, 0.1) is 25.2 Å². The molecule has 0 nitrogen and oxygen atoms in total.